The summed E-state index contributed by atoms with van der Waals surface area (Å²) in [5.74, 6) is -0.669. The lowest BCUT2D eigenvalue weighted by Gasteiger charge is -2.14. The van der Waals surface area contributed by atoms with Crippen LogP contribution in [0, 0.1) is 11.3 Å². The summed E-state index contributed by atoms with van der Waals surface area (Å²) < 4.78 is 10.7. The lowest BCUT2D eigenvalue weighted by Crippen LogP contribution is -2.35. The summed E-state index contributed by atoms with van der Waals surface area (Å²) in [4.78, 5) is 25.1. The third-order valence-electron chi connectivity index (χ3n) is 3.94. The summed E-state index contributed by atoms with van der Waals surface area (Å²) in [5.41, 5.74) is -1.30. The predicted molar refractivity (Wildman–Crippen MR) is 84.9 cm³/mol. The minimum atomic E-state index is -1.30. The van der Waals surface area contributed by atoms with Gasteiger partial charge in [0.25, 0.3) is 0 Å². The van der Waals surface area contributed by atoms with Crippen molar-refractivity contribution in [3.8, 4) is 11.5 Å². The largest absolute Gasteiger partial charge is 0.426 e. The van der Waals surface area contributed by atoms with E-state index in [1.807, 2.05) is 12.1 Å². The van der Waals surface area contributed by atoms with Gasteiger partial charge in [-0.3, -0.25) is 9.59 Å². The number of benzene rings is 2. The highest BCUT2D eigenvalue weighted by atomic mass is 16.6. The molecule has 0 radical (unpaired) electrons. The van der Waals surface area contributed by atoms with E-state index in [0.29, 0.717) is 17.9 Å². The fourth-order valence-electron chi connectivity index (χ4n) is 2.50. The molecule has 0 aromatic heterocycles. The van der Waals surface area contributed by atoms with Crippen molar-refractivity contribution < 1.29 is 19.1 Å². The maximum atomic E-state index is 12.5. The second kappa shape index (κ2) is 6.08. The lowest BCUT2D eigenvalue weighted by atomic mass is 10.0. The standard InChI is InChI=1S/C19H16O4/c1-2-14-13-19(14,17(20)22-15-9-5-3-6-10-15)18(21)23-16-11-7-4-8-12-16/h2-12,14H,1,13H2. The quantitative estimate of drug-likeness (QED) is 0.368. The highest BCUT2D eigenvalue weighted by Gasteiger charge is 2.67. The number of hydrogen-bond donors (Lipinski definition) is 0. The van der Waals surface area contributed by atoms with Crippen LogP contribution in [0.15, 0.2) is 73.3 Å². The van der Waals surface area contributed by atoms with Gasteiger partial charge in [-0.05, 0) is 30.7 Å². The third-order valence-corrected chi connectivity index (χ3v) is 3.94. The predicted octanol–water partition coefficient (Wildman–Crippen LogP) is 3.39. The second-order valence-electron chi connectivity index (χ2n) is 5.42. The van der Waals surface area contributed by atoms with Crippen molar-refractivity contribution in [2.45, 2.75) is 6.42 Å². The zero-order valence-electron chi connectivity index (χ0n) is 12.5. The van der Waals surface area contributed by atoms with Gasteiger partial charge in [0.05, 0.1) is 0 Å². The van der Waals surface area contributed by atoms with Gasteiger partial charge < -0.3 is 9.47 Å². The van der Waals surface area contributed by atoms with E-state index in [1.54, 1.807) is 54.6 Å². The minimum absolute atomic E-state index is 0.269. The smallest absolute Gasteiger partial charge is 0.329 e. The molecule has 3 rings (SSSR count). The van der Waals surface area contributed by atoms with Crippen LogP contribution in [0.4, 0.5) is 0 Å². The molecule has 1 saturated carbocycles. The highest BCUT2D eigenvalue weighted by molar-refractivity contribution is 6.05. The van der Waals surface area contributed by atoms with E-state index in [9.17, 15) is 9.59 Å². The van der Waals surface area contributed by atoms with Gasteiger partial charge in [-0.2, -0.15) is 0 Å². The zero-order chi connectivity index (χ0) is 16.3. The molecule has 0 spiro atoms. The number of ether oxygens (including phenoxy) is 2. The van der Waals surface area contributed by atoms with Crippen LogP contribution in [-0.4, -0.2) is 11.9 Å². The Balaban J connectivity index is 1.78. The first-order valence-electron chi connectivity index (χ1n) is 7.34. The van der Waals surface area contributed by atoms with E-state index in [-0.39, 0.29) is 5.92 Å². The monoisotopic (exact) mass is 308 g/mol. The Morgan fingerprint density at radius 2 is 1.35 bits per heavy atom. The van der Waals surface area contributed by atoms with Gasteiger partial charge in [0.15, 0.2) is 5.41 Å². The van der Waals surface area contributed by atoms with Crippen molar-refractivity contribution in [1.29, 1.82) is 0 Å². The summed E-state index contributed by atoms with van der Waals surface area (Å²) in [7, 11) is 0. The molecular formula is C19H16O4. The van der Waals surface area contributed by atoms with E-state index < -0.39 is 17.4 Å². The van der Waals surface area contributed by atoms with E-state index in [0.717, 1.165) is 0 Å². The van der Waals surface area contributed by atoms with Gasteiger partial charge in [0.1, 0.15) is 11.5 Å². The summed E-state index contributed by atoms with van der Waals surface area (Å²) in [6.45, 7) is 3.68. The van der Waals surface area contributed by atoms with Crippen LogP contribution in [0.1, 0.15) is 6.42 Å². The lowest BCUT2D eigenvalue weighted by molar-refractivity contribution is -0.154. The Morgan fingerprint density at radius 1 is 0.913 bits per heavy atom. The van der Waals surface area contributed by atoms with Gasteiger partial charge in [-0.15, -0.1) is 6.58 Å². The van der Waals surface area contributed by atoms with E-state index in [4.69, 9.17) is 9.47 Å². The van der Waals surface area contributed by atoms with Crippen molar-refractivity contribution in [3.05, 3.63) is 73.3 Å². The normalized spacial score (nSPS) is 17.8. The molecule has 0 amide bonds. The Labute approximate surface area is 134 Å². The number of hydrogen-bond acceptors (Lipinski definition) is 4. The molecule has 1 aliphatic rings. The number of esters is 2. The molecule has 0 heterocycles. The molecule has 0 N–H and O–H groups in total. The first kappa shape index (κ1) is 15.0. The average Bonchev–Trinajstić information content (AvgIpc) is 3.33. The van der Waals surface area contributed by atoms with E-state index >= 15 is 0 Å². The molecule has 1 aliphatic carbocycles. The minimum Gasteiger partial charge on any atom is -0.426 e. The Kier molecular flexibility index (Phi) is 3.98. The Bertz CT molecular complexity index is 668. The molecule has 0 saturated heterocycles. The average molecular weight is 308 g/mol. The number of carbonyl (C=O) groups excluding carboxylic acids is 2. The molecule has 0 bridgehead atoms. The van der Waals surface area contributed by atoms with Gasteiger partial charge >= 0.3 is 11.9 Å². The topological polar surface area (TPSA) is 52.6 Å². The molecule has 0 aliphatic heterocycles. The molecule has 2 aromatic carbocycles. The molecule has 1 fully saturated rings. The van der Waals surface area contributed by atoms with Crippen molar-refractivity contribution >= 4 is 11.9 Å². The van der Waals surface area contributed by atoms with E-state index in [2.05, 4.69) is 6.58 Å². The summed E-state index contributed by atoms with van der Waals surface area (Å²) >= 11 is 0. The first-order chi connectivity index (χ1) is 11.2. The fourth-order valence-corrected chi connectivity index (χ4v) is 2.50. The molecule has 2 aromatic rings. The van der Waals surface area contributed by atoms with Crippen LogP contribution in [0.2, 0.25) is 0 Å². The van der Waals surface area contributed by atoms with Crippen LogP contribution in [0.5, 0.6) is 11.5 Å². The summed E-state index contributed by atoms with van der Waals surface area (Å²) in [6.07, 6.45) is 1.95. The van der Waals surface area contributed by atoms with Crippen LogP contribution in [0.25, 0.3) is 0 Å². The van der Waals surface area contributed by atoms with Gasteiger partial charge in [0, 0.05) is 5.92 Å². The van der Waals surface area contributed by atoms with Crippen molar-refractivity contribution in [2.75, 3.05) is 0 Å². The Hall–Kier alpha value is -2.88. The number of carbonyl (C=O) groups is 2. The third kappa shape index (κ3) is 2.88. The summed E-state index contributed by atoms with van der Waals surface area (Å²) in [5, 5.41) is 0. The fraction of sp³-hybridized carbons (Fsp3) is 0.158. The maximum absolute atomic E-state index is 12.5. The molecule has 23 heavy (non-hydrogen) atoms. The highest BCUT2D eigenvalue weighted by Crippen LogP contribution is 2.55. The maximum Gasteiger partial charge on any atom is 0.329 e. The molecule has 4 nitrogen and oxygen atoms in total. The van der Waals surface area contributed by atoms with Crippen LogP contribution < -0.4 is 9.47 Å². The molecule has 116 valence electrons. The molecule has 1 unspecified atom stereocenters. The first-order valence-corrected chi connectivity index (χ1v) is 7.34. The van der Waals surface area contributed by atoms with Gasteiger partial charge in [0.2, 0.25) is 0 Å². The van der Waals surface area contributed by atoms with Crippen LogP contribution in [0.3, 0.4) is 0 Å². The number of allylic oxidation sites excluding steroid dienone is 1. The van der Waals surface area contributed by atoms with Crippen LogP contribution >= 0.6 is 0 Å². The molecule has 1 atom stereocenters. The molecular weight excluding hydrogens is 292 g/mol. The van der Waals surface area contributed by atoms with E-state index in [1.165, 1.54) is 0 Å². The van der Waals surface area contributed by atoms with Crippen LogP contribution in [-0.2, 0) is 9.59 Å². The summed E-state index contributed by atoms with van der Waals surface area (Å²) in [6, 6.07) is 17.3. The number of para-hydroxylation sites is 2. The van der Waals surface area contributed by atoms with Gasteiger partial charge in [-0.25, -0.2) is 0 Å². The number of rotatable bonds is 5. The Morgan fingerprint density at radius 3 is 1.70 bits per heavy atom. The zero-order valence-corrected chi connectivity index (χ0v) is 12.5. The SMILES string of the molecule is C=CC1CC1(C(=O)Oc1ccccc1)C(=O)Oc1ccccc1. The second-order valence-corrected chi connectivity index (χ2v) is 5.42. The van der Waals surface area contributed by atoms with Crippen molar-refractivity contribution in [1.82, 2.24) is 0 Å². The van der Waals surface area contributed by atoms with Crippen molar-refractivity contribution in [3.63, 3.8) is 0 Å². The molecule has 4 heteroatoms. The van der Waals surface area contributed by atoms with Crippen molar-refractivity contribution in [2.24, 2.45) is 11.3 Å². The van der Waals surface area contributed by atoms with Gasteiger partial charge in [-0.1, -0.05) is 42.5 Å².